The van der Waals surface area contributed by atoms with Gasteiger partial charge in [-0.15, -0.1) is 10.2 Å². The Morgan fingerprint density at radius 1 is 1.00 bits per heavy atom. The number of carbonyl (C=O) groups excluding carboxylic acids is 1. The van der Waals surface area contributed by atoms with E-state index in [-0.39, 0.29) is 12.5 Å². The fourth-order valence-corrected chi connectivity index (χ4v) is 5.09. The van der Waals surface area contributed by atoms with Gasteiger partial charge < -0.3 is 14.8 Å². The van der Waals surface area contributed by atoms with E-state index in [1.165, 1.54) is 31.5 Å². The zero-order chi connectivity index (χ0) is 25.7. The summed E-state index contributed by atoms with van der Waals surface area (Å²) in [7, 11) is 3.00. The first-order valence-corrected chi connectivity index (χ1v) is 12.7. The molecule has 4 rings (SSSR count). The Morgan fingerprint density at radius 2 is 1.72 bits per heavy atom. The maximum atomic E-state index is 13.1. The minimum absolute atomic E-state index is 0.0942. The Bertz CT molecular complexity index is 1370. The molecule has 0 bridgehead atoms. The number of rotatable bonds is 9. The number of methoxy groups -OCH3 is 2. The predicted octanol–water partition coefficient (Wildman–Crippen LogP) is 6.12. The van der Waals surface area contributed by atoms with Gasteiger partial charge in [0.25, 0.3) is 5.91 Å². The van der Waals surface area contributed by atoms with Crippen LogP contribution in [-0.4, -0.2) is 34.9 Å². The van der Waals surface area contributed by atoms with Gasteiger partial charge in [-0.3, -0.25) is 9.36 Å². The number of hydrogen-bond donors (Lipinski definition) is 1. The molecule has 0 unspecified atom stereocenters. The molecule has 1 heterocycles. The van der Waals surface area contributed by atoms with Crippen molar-refractivity contribution in [2.45, 2.75) is 24.4 Å². The number of halogens is 2. The highest BCUT2D eigenvalue weighted by Gasteiger charge is 2.21. The smallest absolute Gasteiger partial charge is 0.259 e. The maximum absolute atomic E-state index is 13.1. The van der Waals surface area contributed by atoms with Crippen LogP contribution in [0.2, 0.25) is 10.0 Å². The first-order chi connectivity index (χ1) is 17.4. The summed E-state index contributed by atoms with van der Waals surface area (Å²) < 4.78 is 12.6. The first-order valence-electron chi connectivity index (χ1n) is 11.0. The van der Waals surface area contributed by atoms with Crippen molar-refractivity contribution in [1.29, 1.82) is 0 Å². The number of thioether (sulfide) groups is 1. The van der Waals surface area contributed by atoms with Crippen molar-refractivity contribution >= 4 is 40.9 Å². The molecule has 1 N–H and O–H groups in total. The van der Waals surface area contributed by atoms with Crippen LogP contribution in [0.25, 0.3) is 5.69 Å². The summed E-state index contributed by atoms with van der Waals surface area (Å²) in [5.41, 5.74) is 3.31. The van der Waals surface area contributed by atoms with Gasteiger partial charge >= 0.3 is 0 Å². The molecule has 0 radical (unpaired) electrons. The van der Waals surface area contributed by atoms with Gasteiger partial charge in [-0.25, -0.2) is 0 Å². The predicted molar refractivity (Wildman–Crippen MR) is 143 cm³/mol. The number of aryl methyl sites for hydroxylation is 1. The van der Waals surface area contributed by atoms with Crippen molar-refractivity contribution in [3.05, 3.63) is 93.2 Å². The van der Waals surface area contributed by atoms with Crippen molar-refractivity contribution in [2.24, 2.45) is 0 Å². The van der Waals surface area contributed by atoms with Gasteiger partial charge in [0.2, 0.25) is 0 Å². The lowest BCUT2D eigenvalue weighted by Crippen LogP contribution is -2.25. The Labute approximate surface area is 223 Å². The lowest BCUT2D eigenvalue weighted by Gasteiger charge is -2.14. The van der Waals surface area contributed by atoms with E-state index in [0.717, 1.165) is 5.56 Å². The number of amides is 1. The first kappa shape index (κ1) is 25.9. The lowest BCUT2D eigenvalue weighted by molar-refractivity contribution is 0.0943. The maximum Gasteiger partial charge on any atom is 0.259 e. The molecule has 186 valence electrons. The highest BCUT2D eigenvalue weighted by atomic mass is 35.5. The highest BCUT2D eigenvalue weighted by Crippen LogP contribution is 2.31. The molecule has 0 fully saturated rings. The van der Waals surface area contributed by atoms with Crippen LogP contribution in [0.5, 0.6) is 11.5 Å². The number of hydrogen-bond acceptors (Lipinski definition) is 6. The van der Waals surface area contributed by atoms with Gasteiger partial charge in [0, 0.05) is 10.8 Å². The Hall–Kier alpha value is -3.20. The molecule has 0 spiro atoms. The summed E-state index contributed by atoms with van der Waals surface area (Å²) in [6, 6.07) is 18.7. The molecule has 10 heteroatoms. The summed E-state index contributed by atoms with van der Waals surface area (Å²) in [4.78, 5) is 13.1. The van der Waals surface area contributed by atoms with Crippen LogP contribution < -0.4 is 14.8 Å². The zero-order valence-electron chi connectivity index (χ0n) is 19.9. The Balaban J connectivity index is 1.64. The highest BCUT2D eigenvalue weighted by molar-refractivity contribution is 7.98. The molecule has 3 aromatic carbocycles. The number of nitrogens with one attached hydrogen (secondary N) is 1. The average molecular weight is 543 g/mol. The number of nitrogens with zero attached hydrogens (tertiary/aromatic N) is 3. The topological polar surface area (TPSA) is 78.3 Å². The van der Waals surface area contributed by atoms with Crippen molar-refractivity contribution < 1.29 is 14.3 Å². The number of aromatic nitrogens is 3. The molecule has 36 heavy (non-hydrogen) atoms. The zero-order valence-corrected chi connectivity index (χ0v) is 22.2. The molecule has 1 aromatic heterocycles. The van der Waals surface area contributed by atoms with Crippen LogP contribution in [-0.2, 0) is 12.3 Å². The van der Waals surface area contributed by atoms with Crippen LogP contribution in [0.3, 0.4) is 0 Å². The number of benzene rings is 3. The van der Waals surface area contributed by atoms with E-state index in [1.807, 2.05) is 10.6 Å². The fourth-order valence-electron chi connectivity index (χ4n) is 3.69. The largest absolute Gasteiger partial charge is 0.496 e. The summed E-state index contributed by atoms with van der Waals surface area (Å²) in [6.45, 7) is 2.15. The summed E-state index contributed by atoms with van der Waals surface area (Å²) >= 11 is 14.2. The van der Waals surface area contributed by atoms with Crippen molar-refractivity contribution in [2.75, 3.05) is 14.2 Å². The van der Waals surface area contributed by atoms with Crippen LogP contribution in [0.15, 0.2) is 65.8 Å². The van der Waals surface area contributed by atoms with Gasteiger partial charge in [0.1, 0.15) is 17.1 Å². The molecule has 4 aromatic rings. The number of ether oxygens (including phenoxy) is 2. The monoisotopic (exact) mass is 542 g/mol. The lowest BCUT2D eigenvalue weighted by atomic mass is 10.1. The summed E-state index contributed by atoms with van der Waals surface area (Å²) in [6.07, 6.45) is 0. The molecule has 0 saturated heterocycles. The van der Waals surface area contributed by atoms with E-state index < -0.39 is 0 Å². The standard InChI is InChI=1S/C26H24Cl2N4O3S/c1-16-6-4-7-17(12-16)15-36-26-31-30-23(32(26)20-11-10-18(27)13-19(20)28)14-29-25(33)24-21(34-2)8-5-9-22(24)35-3/h4-13H,14-15H2,1-3H3,(H,29,33). The third-order valence-corrected chi connectivity index (χ3v) is 6.90. The molecule has 0 aliphatic heterocycles. The van der Waals surface area contributed by atoms with Crippen molar-refractivity contribution in [3.63, 3.8) is 0 Å². The van der Waals surface area contributed by atoms with E-state index in [1.54, 1.807) is 36.4 Å². The van der Waals surface area contributed by atoms with Gasteiger partial charge in [0.15, 0.2) is 11.0 Å². The van der Waals surface area contributed by atoms with E-state index >= 15 is 0 Å². The average Bonchev–Trinajstić information content (AvgIpc) is 3.28. The van der Waals surface area contributed by atoms with Gasteiger partial charge in [0.05, 0.1) is 31.5 Å². The SMILES string of the molecule is COc1cccc(OC)c1C(=O)NCc1nnc(SCc2cccc(C)c2)n1-c1ccc(Cl)cc1Cl. The van der Waals surface area contributed by atoms with E-state index in [9.17, 15) is 4.79 Å². The Kier molecular flexibility index (Phi) is 8.40. The quantitative estimate of drug-likeness (QED) is 0.256. The van der Waals surface area contributed by atoms with Gasteiger partial charge in [-0.2, -0.15) is 0 Å². The van der Waals surface area contributed by atoms with Crippen LogP contribution >= 0.6 is 35.0 Å². The second-order valence-electron chi connectivity index (χ2n) is 7.83. The third kappa shape index (κ3) is 5.78. The second-order valence-corrected chi connectivity index (χ2v) is 9.61. The summed E-state index contributed by atoms with van der Waals surface area (Å²) in [5.74, 6) is 1.64. The minimum Gasteiger partial charge on any atom is -0.496 e. The fraction of sp³-hybridized carbons (Fsp3) is 0.192. The van der Waals surface area contributed by atoms with Crippen LogP contribution in [0, 0.1) is 6.92 Å². The van der Waals surface area contributed by atoms with E-state index in [0.29, 0.717) is 49.5 Å². The third-order valence-electron chi connectivity index (χ3n) is 5.36. The molecular formula is C26H24Cl2N4O3S. The molecule has 0 saturated carbocycles. The molecule has 1 amide bonds. The molecule has 0 aliphatic carbocycles. The summed E-state index contributed by atoms with van der Waals surface area (Å²) in [5, 5.41) is 13.3. The molecule has 7 nitrogen and oxygen atoms in total. The van der Waals surface area contributed by atoms with E-state index in [2.05, 4.69) is 40.6 Å². The molecular weight excluding hydrogens is 519 g/mol. The number of carbonyl (C=O) groups is 1. The van der Waals surface area contributed by atoms with Crippen LogP contribution in [0.4, 0.5) is 0 Å². The van der Waals surface area contributed by atoms with E-state index in [4.69, 9.17) is 32.7 Å². The normalized spacial score (nSPS) is 10.8. The van der Waals surface area contributed by atoms with Gasteiger partial charge in [-0.05, 0) is 42.8 Å². The minimum atomic E-state index is -0.366. The Morgan fingerprint density at radius 3 is 2.39 bits per heavy atom. The molecule has 0 aliphatic rings. The van der Waals surface area contributed by atoms with Crippen molar-refractivity contribution in [1.82, 2.24) is 20.1 Å². The van der Waals surface area contributed by atoms with Gasteiger partial charge in [-0.1, -0.05) is 70.9 Å². The van der Waals surface area contributed by atoms with Crippen molar-refractivity contribution in [3.8, 4) is 17.2 Å². The second kappa shape index (κ2) is 11.7. The van der Waals surface area contributed by atoms with Crippen LogP contribution in [0.1, 0.15) is 27.3 Å². The molecule has 0 atom stereocenters.